The molecule has 0 N–H and O–H groups in total. The Bertz CT molecular complexity index is 1170. The Hall–Kier alpha value is -3.87. The van der Waals surface area contributed by atoms with Gasteiger partial charge in [-0.05, 0) is 25.1 Å². The highest BCUT2D eigenvalue weighted by Crippen LogP contribution is 2.31. The van der Waals surface area contributed by atoms with Gasteiger partial charge in [-0.3, -0.25) is 9.67 Å². The zero-order valence-corrected chi connectivity index (χ0v) is 17.8. The Labute approximate surface area is 183 Å². The first kappa shape index (κ1) is 21.4. The quantitative estimate of drug-likeness (QED) is 0.575. The van der Waals surface area contributed by atoms with Crippen molar-refractivity contribution < 1.29 is 13.5 Å². The van der Waals surface area contributed by atoms with Crippen LogP contribution in [0.3, 0.4) is 0 Å². The maximum Gasteiger partial charge on any atom is 0.265 e. The van der Waals surface area contributed by atoms with E-state index in [1.165, 1.54) is 12.1 Å². The number of anilines is 1. The summed E-state index contributed by atoms with van der Waals surface area (Å²) in [6.07, 6.45) is 2.01. The smallest absolute Gasteiger partial charge is 0.265 e. The van der Waals surface area contributed by atoms with Crippen LogP contribution in [0, 0.1) is 17.2 Å². The summed E-state index contributed by atoms with van der Waals surface area (Å²) < 4.78 is 33.0. The summed E-state index contributed by atoms with van der Waals surface area (Å²) in [4.78, 5) is 6.05. The lowest BCUT2D eigenvalue weighted by Gasteiger charge is -2.23. The van der Waals surface area contributed by atoms with Gasteiger partial charge in [-0.2, -0.15) is 10.4 Å². The number of nitriles is 1. The molecule has 0 radical (unpaired) electrons. The van der Waals surface area contributed by atoms with Crippen LogP contribution in [0.25, 0.3) is 11.3 Å². The summed E-state index contributed by atoms with van der Waals surface area (Å²) in [6, 6.07) is 8.71. The predicted octanol–water partition coefficient (Wildman–Crippen LogP) is 4.04. The molecule has 0 spiro atoms. The van der Waals surface area contributed by atoms with Gasteiger partial charge in [0.1, 0.15) is 6.61 Å². The molecule has 10 heteroatoms. The SMILES string of the molecule is CC1C(C#N)=CN(c2ccc(OCc3c(-c4ccc(C(F)F)cn4)cnn3C)nn2)C1C. The number of rotatable bonds is 6. The van der Waals surface area contributed by atoms with Crippen molar-refractivity contribution in [2.24, 2.45) is 13.0 Å². The molecule has 32 heavy (non-hydrogen) atoms. The molecular weight excluding hydrogens is 416 g/mol. The van der Waals surface area contributed by atoms with E-state index in [9.17, 15) is 14.0 Å². The fourth-order valence-corrected chi connectivity index (χ4v) is 3.50. The molecule has 0 bridgehead atoms. The minimum atomic E-state index is -2.57. The molecule has 8 nitrogen and oxygen atoms in total. The maximum absolute atomic E-state index is 12.8. The summed E-state index contributed by atoms with van der Waals surface area (Å²) in [5.41, 5.74) is 2.51. The predicted molar refractivity (Wildman–Crippen MR) is 113 cm³/mol. The summed E-state index contributed by atoms with van der Waals surface area (Å²) >= 11 is 0. The second kappa shape index (κ2) is 8.70. The zero-order valence-electron chi connectivity index (χ0n) is 17.8. The van der Waals surface area contributed by atoms with Crippen LogP contribution in [0.1, 0.15) is 31.5 Å². The zero-order chi connectivity index (χ0) is 22.8. The van der Waals surface area contributed by atoms with E-state index in [-0.39, 0.29) is 24.1 Å². The Balaban J connectivity index is 1.47. The van der Waals surface area contributed by atoms with Crippen LogP contribution in [0.5, 0.6) is 5.88 Å². The lowest BCUT2D eigenvalue weighted by Crippen LogP contribution is -2.28. The van der Waals surface area contributed by atoms with Crippen LogP contribution in [0.2, 0.25) is 0 Å². The van der Waals surface area contributed by atoms with Crippen LogP contribution >= 0.6 is 0 Å². The third kappa shape index (κ3) is 4.01. The molecule has 2 unspecified atom stereocenters. The second-order valence-electron chi connectivity index (χ2n) is 7.56. The molecule has 1 aliphatic heterocycles. The van der Waals surface area contributed by atoms with Gasteiger partial charge >= 0.3 is 0 Å². The van der Waals surface area contributed by atoms with Crippen LogP contribution < -0.4 is 9.64 Å². The summed E-state index contributed by atoms with van der Waals surface area (Å²) in [5.74, 6) is 1.07. The minimum Gasteiger partial charge on any atom is -0.470 e. The Morgan fingerprint density at radius 2 is 1.97 bits per heavy atom. The van der Waals surface area contributed by atoms with Crippen molar-refractivity contribution in [2.75, 3.05) is 4.90 Å². The lowest BCUT2D eigenvalue weighted by molar-refractivity contribution is 0.151. The average Bonchev–Trinajstić information content (AvgIpc) is 3.32. The monoisotopic (exact) mass is 437 g/mol. The van der Waals surface area contributed by atoms with Crippen LogP contribution in [-0.2, 0) is 13.7 Å². The van der Waals surface area contributed by atoms with Crippen molar-refractivity contribution in [3.05, 3.63) is 59.7 Å². The van der Waals surface area contributed by atoms with Gasteiger partial charge in [0.2, 0.25) is 5.88 Å². The normalized spacial score (nSPS) is 18.0. The van der Waals surface area contributed by atoms with Gasteiger partial charge in [0.25, 0.3) is 6.43 Å². The number of aryl methyl sites for hydroxylation is 1. The number of alkyl halides is 2. The highest BCUT2D eigenvalue weighted by Gasteiger charge is 2.30. The highest BCUT2D eigenvalue weighted by atomic mass is 19.3. The van der Waals surface area contributed by atoms with E-state index in [4.69, 9.17) is 4.74 Å². The van der Waals surface area contributed by atoms with E-state index in [2.05, 4.69) is 26.3 Å². The fraction of sp³-hybridized carbons (Fsp3) is 0.318. The molecule has 3 aromatic rings. The molecule has 0 aliphatic carbocycles. The van der Waals surface area contributed by atoms with Gasteiger partial charge in [-0.15, -0.1) is 10.2 Å². The van der Waals surface area contributed by atoms with Crippen molar-refractivity contribution in [1.82, 2.24) is 25.0 Å². The van der Waals surface area contributed by atoms with Crippen molar-refractivity contribution in [1.29, 1.82) is 5.26 Å². The number of hydrogen-bond acceptors (Lipinski definition) is 7. The molecule has 0 aromatic carbocycles. The van der Waals surface area contributed by atoms with Crippen molar-refractivity contribution in [2.45, 2.75) is 32.9 Å². The number of hydrogen-bond donors (Lipinski definition) is 0. The highest BCUT2D eigenvalue weighted by molar-refractivity contribution is 5.61. The molecule has 1 aliphatic rings. The average molecular weight is 437 g/mol. The number of nitrogens with zero attached hydrogens (tertiary/aromatic N) is 7. The number of ether oxygens (including phenoxy) is 1. The fourth-order valence-electron chi connectivity index (χ4n) is 3.50. The lowest BCUT2D eigenvalue weighted by atomic mass is 9.99. The van der Waals surface area contributed by atoms with E-state index in [0.717, 1.165) is 11.9 Å². The molecule has 0 amide bonds. The van der Waals surface area contributed by atoms with Crippen molar-refractivity contribution in [3.8, 4) is 23.2 Å². The maximum atomic E-state index is 12.8. The largest absolute Gasteiger partial charge is 0.470 e. The molecule has 0 saturated heterocycles. The van der Waals surface area contributed by atoms with E-state index >= 15 is 0 Å². The Kier molecular flexibility index (Phi) is 5.81. The van der Waals surface area contributed by atoms with Crippen LogP contribution in [0.4, 0.5) is 14.6 Å². The van der Waals surface area contributed by atoms with Gasteiger partial charge in [0.05, 0.1) is 29.2 Å². The molecule has 3 aromatic heterocycles. The summed E-state index contributed by atoms with van der Waals surface area (Å²) in [6.45, 7) is 4.18. The first-order valence-electron chi connectivity index (χ1n) is 10.0. The van der Waals surface area contributed by atoms with Gasteiger partial charge < -0.3 is 9.64 Å². The molecule has 164 valence electrons. The van der Waals surface area contributed by atoms with Crippen molar-refractivity contribution >= 4 is 5.82 Å². The minimum absolute atomic E-state index is 0.103. The number of aromatic nitrogens is 5. The molecule has 4 heterocycles. The number of halogens is 2. The topological polar surface area (TPSA) is 92.8 Å². The molecule has 2 atom stereocenters. The van der Waals surface area contributed by atoms with Gasteiger partial charge in [0.15, 0.2) is 5.82 Å². The third-order valence-electron chi connectivity index (χ3n) is 5.68. The Morgan fingerprint density at radius 1 is 1.16 bits per heavy atom. The second-order valence-corrected chi connectivity index (χ2v) is 7.56. The first-order valence-corrected chi connectivity index (χ1v) is 10.0. The van der Waals surface area contributed by atoms with Gasteiger partial charge in [0, 0.05) is 48.6 Å². The van der Waals surface area contributed by atoms with E-state index in [1.807, 2.05) is 18.7 Å². The van der Waals surface area contributed by atoms with E-state index in [1.54, 1.807) is 36.3 Å². The molecule has 4 rings (SSSR count). The summed E-state index contributed by atoms with van der Waals surface area (Å²) in [7, 11) is 1.76. The van der Waals surface area contributed by atoms with E-state index < -0.39 is 6.43 Å². The first-order chi connectivity index (χ1) is 15.4. The van der Waals surface area contributed by atoms with Crippen molar-refractivity contribution in [3.63, 3.8) is 0 Å². The summed E-state index contributed by atoms with van der Waals surface area (Å²) in [5, 5.41) is 21.9. The van der Waals surface area contributed by atoms with Gasteiger partial charge in [-0.1, -0.05) is 6.92 Å². The standard InChI is InChI=1S/C22H21F2N7O/c1-13-14(2)31(11-16(13)8-25)20-6-7-21(29-28-20)32-12-19-17(10-27-30(19)3)18-5-4-15(9-26-18)22(23)24/h4-7,9-11,13-14,22H,12H2,1-3H3. The van der Waals surface area contributed by atoms with Crippen LogP contribution in [0.15, 0.2) is 48.4 Å². The van der Waals surface area contributed by atoms with Crippen LogP contribution in [-0.4, -0.2) is 31.0 Å². The molecule has 0 saturated carbocycles. The molecule has 0 fully saturated rings. The number of pyridine rings is 1. The third-order valence-corrected chi connectivity index (χ3v) is 5.68. The molecular formula is C22H21F2N7O. The van der Waals surface area contributed by atoms with Gasteiger partial charge in [-0.25, -0.2) is 8.78 Å². The Morgan fingerprint density at radius 3 is 2.56 bits per heavy atom. The van der Waals surface area contributed by atoms with E-state index in [0.29, 0.717) is 28.5 Å².